The molecule has 0 unspecified atom stereocenters. The van der Waals surface area contributed by atoms with E-state index in [1.807, 2.05) is 18.2 Å². The third kappa shape index (κ3) is 2.49. The first-order valence-electron chi connectivity index (χ1n) is 7.45. The largest absolute Gasteiger partial charge is 0.340 e. The number of hydrogen-bond acceptors (Lipinski definition) is 2. The lowest BCUT2D eigenvalue weighted by Gasteiger charge is -2.23. The Kier molecular flexibility index (Phi) is 3.60. The number of imidazole rings is 1. The molecule has 4 nitrogen and oxygen atoms in total. The van der Waals surface area contributed by atoms with Crippen LogP contribution < -0.4 is 4.90 Å². The van der Waals surface area contributed by atoms with Crippen molar-refractivity contribution in [2.75, 3.05) is 4.90 Å². The second kappa shape index (κ2) is 5.66. The van der Waals surface area contributed by atoms with Gasteiger partial charge in [-0.15, -0.1) is 0 Å². The maximum Gasteiger partial charge on any atom is 0.227 e. The molecule has 2 aromatic carbocycles. The Morgan fingerprint density at radius 3 is 2.79 bits per heavy atom. The van der Waals surface area contributed by atoms with Crippen LogP contribution in [-0.2, 0) is 4.79 Å². The van der Waals surface area contributed by atoms with Gasteiger partial charge in [0.1, 0.15) is 5.82 Å². The molecule has 1 amide bonds. The van der Waals surface area contributed by atoms with Crippen molar-refractivity contribution in [3.8, 4) is 0 Å². The number of hydrogen-bond donors (Lipinski definition) is 1. The van der Waals surface area contributed by atoms with Crippen molar-refractivity contribution in [3.05, 3.63) is 58.3 Å². The van der Waals surface area contributed by atoms with Crippen LogP contribution in [0.15, 0.2) is 40.9 Å². The van der Waals surface area contributed by atoms with E-state index >= 15 is 0 Å². The van der Waals surface area contributed by atoms with E-state index in [4.69, 9.17) is 0 Å². The van der Waals surface area contributed by atoms with Crippen molar-refractivity contribution in [3.63, 3.8) is 0 Å². The Morgan fingerprint density at radius 2 is 2.00 bits per heavy atom. The van der Waals surface area contributed by atoms with Gasteiger partial charge >= 0.3 is 0 Å². The number of aromatic nitrogens is 2. The molecule has 1 aliphatic heterocycles. The molecule has 1 N–H and O–H groups in total. The van der Waals surface area contributed by atoms with Gasteiger partial charge in [0.15, 0.2) is 11.6 Å². The average molecular weight is 392 g/mol. The Hall–Kier alpha value is -2.28. The Morgan fingerprint density at radius 1 is 1.17 bits per heavy atom. The quantitative estimate of drug-likeness (QED) is 0.700. The van der Waals surface area contributed by atoms with Crippen LogP contribution in [0.25, 0.3) is 11.0 Å². The van der Waals surface area contributed by atoms with Crippen LogP contribution >= 0.6 is 15.9 Å². The second-order valence-corrected chi connectivity index (χ2v) is 6.62. The first-order valence-corrected chi connectivity index (χ1v) is 8.24. The van der Waals surface area contributed by atoms with Gasteiger partial charge in [-0.2, -0.15) is 0 Å². The Balaban J connectivity index is 1.77. The summed E-state index contributed by atoms with van der Waals surface area (Å²) in [5.41, 5.74) is 1.98. The highest BCUT2D eigenvalue weighted by molar-refractivity contribution is 9.10. The molecule has 1 fully saturated rings. The molecule has 4 rings (SSSR count). The number of H-pyrrole nitrogens is 1. The van der Waals surface area contributed by atoms with Crippen LogP contribution in [0.3, 0.4) is 0 Å². The van der Waals surface area contributed by atoms with Crippen LogP contribution in [0, 0.1) is 11.6 Å². The van der Waals surface area contributed by atoms with E-state index in [2.05, 4.69) is 25.9 Å². The molecular formula is C17H12BrF2N3O. The molecule has 0 saturated carbocycles. The molecule has 24 heavy (non-hydrogen) atoms. The van der Waals surface area contributed by atoms with Crippen LogP contribution in [0.2, 0.25) is 0 Å². The molecule has 2 heterocycles. The number of nitrogens with zero attached hydrogens (tertiary/aromatic N) is 2. The van der Waals surface area contributed by atoms with Gasteiger partial charge in [-0.05, 0) is 36.8 Å². The van der Waals surface area contributed by atoms with Crippen LogP contribution in [0.5, 0.6) is 0 Å². The van der Waals surface area contributed by atoms with Crippen molar-refractivity contribution in [2.45, 2.75) is 18.9 Å². The van der Waals surface area contributed by atoms with Gasteiger partial charge < -0.3 is 9.88 Å². The normalized spacial score (nSPS) is 17.9. The maximum absolute atomic E-state index is 13.6. The molecule has 1 aromatic heterocycles. The van der Waals surface area contributed by atoms with E-state index in [0.29, 0.717) is 24.4 Å². The van der Waals surface area contributed by atoms with Crippen molar-refractivity contribution in [1.29, 1.82) is 0 Å². The Labute approximate surface area is 144 Å². The number of benzene rings is 2. The predicted molar refractivity (Wildman–Crippen MR) is 89.6 cm³/mol. The number of carbonyl (C=O) groups excluding carboxylic acids is 1. The van der Waals surface area contributed by atoms with Crippen LogP contribution in [0.4, 0.5) is 14.5 Å². The van der Waals surface area contributed by atoms with Gasteiger partial charge in [-0.25, -0.2) is 13.8 Å². The molecule has 1 aliphatic rings. The van der Waals surface area contributed by atoms with E-state index in [1.54, 1.807) is 0 Å². The number of amides is 1. The summed E-state index contributed by atoms with van der Waals surface area (Å²) in [6, 6.07) is 8.84. The minimum atomic E-state index is -0.973. The minimum Gasteiger partial charge on any atom is -0.340 e. The van der Waals surface area contributed by atoms with Gasteiger partial charge in [0.05, 0.1) is 17.1 Å². The molecular weight excluding hydrogens is 380 g/mol. The van der Waals surface area contributed by atoms with Gasteiger partial charge in [0, 0.05) is 22.6 Å². The maximum atomic E-state index is 13.6. The third-order valence-corrected chi connectivity index (χ3v) is 4.67. The average Bonchev–Trinajstić information content (AvgIpc) is 3.13. The van der Waals surface area contributed by atoms with E-state index in [0.717, 1.165) is 27.6 Å². The fourth-order valence-electron chi connectivity index (χ4n) is 3.06. The number of halogens is 3. The summed E-state index contributed by atoms with van der Waals surface area (Å²) in [6.07, 6.45) is 0.906. The van der Waals surface area contributed by atoms with Gasteiger partial charge in [0.2, 0.25) is 5.91 Å². The highest BCUT2D eigenvalue weighted by Crippen LogP contribution is 2.37. The first-order chi connectivity index (χ1) is 11.5. The number of fused-ring (bicyclic) bond motifs is 1. The summed E-state index contributed by atoms with van der Waals surface area (Å²) in [5.74, 6) is -1.40. The standard InChI is InChI=1S/C17H12BrF2N3O/c18-9-1-4-13-14(7-9)22-17(21-13)15-5-6-16(24)23(15)10-2-3-11(19)12(20)8-10/h1-4,7-8,15H,5-6H2,(H,21,22)/t15-/m0/s1. The smallest absolute Gasteiger partial charge is 0.227 e. The summed E-state index contributed by atoms with van der Waals surface area (Å²) < 4.78 is 27.6. The van der Waals surface area contributed by atoms with Crippen molar-refractivity contribution < 1.29 is 13.6 Å². The zero-order valence-electron chi connectivity index (χ0n) is 12.4. The van der Waals surface area contributed by atoms with Gasteiger partial charge in [-0.1, -0.05) is 15.9 Å². The molecule has 7 heteroatoms. The number of anilines is 1. The van der Waals surface area contributed by atoms with E-state index < -0.39 is 11.6 Å². The molecule has 1 saturated heterocycles. The van der Waals surface area contributed by atoms with E-state index in [-0.39, 0.29) is 11.9 Å². The second-order valence-electron chi connectivity index (χ2n) is 5.70. The van der Waals surface area contributed by atoms with Gasteiger partial charge in [0.25, 0.3) is 0 Å². The SMILES string of the molecule is O=C1CC[C@@H](c2nc3cc(Br)ccc3[nH]2)N1c1ccc(F)c(F)c1. The molecule has 0 bridgehead atoms. The number of carbonyl (C=O) groups is 1. The first kappa shape index (κ1) is 15.3. The van der Waals surface area contributed by atoms with Crippen molar-refractivity contribution >= 4 is 38.6 Å². The molecule has 0 aliphatic carbocycles. The number of aromatic amines is 1. The van der Waals surface area contributed by atoms with E-state index in [1.165, 1.54) is 11.0 Å². The zero-order valence-corrected chi connectivity index (χ0v) is 14.0. The highest BCUT2D eigenvalue weighted by atomic mass is 79.9. The zero-order chi connectivity index (χ0) is 16.8. The lowest BCUT2D eigenvalue weighted by atomic mass is 10.2. The van der Waals surface area contributed by atoms with E-state index in [9.17, 15) is 13.6 Å². The molecule has 122 valence electrons. The fourth-order valence-corrected chi connectivity index (χ4v) is 3.41. The lowest BCUT2D eigenvalue weighted by Crippen LogP contribution is -2.28. The van der Waals surface area contributed by atoms with Crippen LogP contribution in [0.1, 0.15) is 24.7 Å². The molecule has 3 aromatic rings. The minimum absolute atomic E-state index is 0.132. The number of rotatable bonds is 2. The highest BCUT2D eigenvalue weighted by Gasteiger charge is 2.35. The van der Waals surface area contributed by atoms with Crippen molar-refractivity contribution in [2.24, 2.45) is 0 Å². The summed E-state index contributed by atoms with van der Waals surface area (Å²) in [5, 5.41) is 0. The fraction of sp³-hybridized carbons (Fsp3) is 0.176. The number of nitrogens with one attached hydrogen (secondary N) is 1. The van der Waals surface area contributed by atoms with Crippen LogP contribution in [-0.4, -0.2) is 15.9 Å². The lowest BCUT2D eigenvalue weighted by molar-refractivity contribution is -0.117. The monoisotopic (exact) mass is 391 g/mol. The third-order valence-electron chi connectivity index (χ3n) is 4.17. The summed E-state index contributed by atoms with van der Waals surface area (Å²) >= 11 is 3.40. The summed E-state index contributed by atoms with van der Waals surface area (Å²) in [6.45, 7) is 0. The van der Waals surface area contributed by atoms with Crippen molar-refractivity contribution in [1.82, 2.24) is 9.97 Å². The molecule has 0 spiro atoms. The summed E-state index contributed by atoms with van der Waals surface area (Å²) in [7, 11) is 0. The molecule has 1 atom stereocenters. The molecule has 0 radical (unpaired) electrons. The summed E-state index contributed by atoms with van der Waals surface area (Å²) in [4.78, 5) is 21.5. The Bertz CT molecular complexity index is 956. The topological polar surface area (TPSA) is 49.0 Å². The van der Waals surface area contributed by atoms with Gasteiger partial charge in [-0.3, -0.25) is 4.79 Å². The predicted octanol–water partition coefficient (Wildman–Crippen LogP) is 4.47.